The van der Waals surface area contributed by atoms with Gasteiger partial charge in [-0.15, -0.1) is 0 Å². The molecule has 3 nitrogen and oxygen atoms in total. The van der Waals surface area contributed by atoms with Gasteiger partial charge in [-0.25, -0.2) is 0 Å². The Hall–Kier alpha value is -0.590. The highest BCUT2D eigenvalue weighted by molar-refractivity contribution is 4.91. The van der Waals surface area contributed by atoms with E-state index in [2.05, 4.69) is 18.3 Å². The lowest BCUT2D eigenvalue weighted by Crippen LogP contribution is -2.27. The summed E-state index contributed by atoms with van der Waals surface area (Å²) in [4.78, 5) is 0. The second kappa shape index (κ2) is 8.55. The van der Waals surface area contributed by atoms with Crippen molar-refractivity contribution in [3.8, 4) is 6.07 Å². The number of hydrogen-bond donors (Lipinski definition) is 1. The van der Waals surface area contributed by atoms with E-state index in [-0.39, 0.29) is 5.41 Å². The average Bonchev–Trinajstić information content (AvgIpc) is 2.23. The van der Waals surface area contributed by atoms with Crippen molar-refractivity contribution in [1.82, 2.24) is 5.32 Å². The Morgan fingerprint density at radius 1 is 1.38 bits per heavy atom. The Bertz CT molecular complexity index is 208. The van der Waals surface area contributed by atoms with Crippen molar-refractivity contribution in [2.24, 2.45) is 5.41 Å². The number of ether oxygens (including phenoxy) is 1. The van der Waals surface area contributed by atoms with Gasteiger partial charge in [0.25, 0.3) is 0 Å². The van der Waals surface area contributed by atoms with Gasteiger partial charge in [0.2, 0.25) is 0 Å². The molecule has 0 aromatic carbocycles. The number of rotatable bonds is 9. The Kier molecular flexibility index (Phi) is 8.23. The van der Waals surface area contributed by atoms with Gasteiger partial charge < -0.3 is 10.1 Å². The zero-order valence-electron chi connectivity index (χ0n) is 11.2. The average molecular weight is 226 g/mol. The van der Waals surface area contributed by atoms with Gasteiger partial charge in [0.05, 0.1) is 17.6 Å². The van der Waals surface area contributed by atoms with Crippen molar-refractivity contribution in [2.75, 3.05) is 19.7 Å². The molecule has 0 spiro atoms. The number of hydrogen-bond acceptors (Lipinski definition) is 3. The zero-order valence-corrected chi connectivity index (χ0v) is 11.2. The van der Waals surface area contributed by atoms with Crippen LogP contribution >= 0.6 is 0 Å². The molecule has 0 amide bonds. The summed E-state index contributed by atoms with van der Waals surface area (Å²) in [6.45, 7) is 10.8. The van der Waals surface area contributed by atoms with Crippen molar-refractivity contribution < 1.29 is 4.74 Å². The van der Waals surface area contributed by atoms with Gasteiger partial charge in [-0.05, 0) is 47.1 Å². The molecule has 0 aromatic rings. The SMILES string of the molecule is CCOC(C)CNCCCCC(C)(C)C#N. The van der Waals surface area contributed by atoms with Crippen LogP contribution in [0.3, 0.4) is 0 Å². The molecule has 0 saturated heterocycles. The molecule has 0 aliphatic carbocycles. The molecule has 3 heteroatoms. The van der Waals surface area contributed by atoms with Crippen LogP contribution in [0.15, 0.2) is 0 Å². The van der Waals surface area contributed by atoms with Gasteiger partial charge >= 0.3 is 0 Å². The lowest BCUT2D eigenvalue weighted by Gasteiger charge is -2.15. The molecule has 0 aliphatic rings. The largest absolute Gasteiger partial charge is 0.377 e. The molecule has 1 unspecified atom stereocenters. The topological polar surface area (TPSA) is 45.0 Å². The van der Waals surface area contributed by atoms with Crippen molar-refractivity contribution in [2.45, 2.75) is 53.1 Å². The van der Waals surface area contributed by atoms with Crippen LogP contribution in [0.5, 0.6) is 0 Å². The normalized spacial score (nSPS) is 13.4. The minimum Gasteiger partial charge on any atom is -0.377 e. The van der Waals surface area contributed by atoms with E-state index in [1.807, 2.05) is 20.8 Å². The molecule has 0 rings (SSSR count). The van der Waals surface area contributed by atoms with E-state index in [0.29, 0.717) is 6.10 Å². The highest BCUT2D eigenvalue weighted by atomic mass is 16.5. The first-order chi connectivity index (χ1) is 7.52. The number of nitriles is 1. The fourth-order valence-electron chi connectivity index (χ4n) is 1.52. The van der Waals surface area contributed by atoms with Crippen LogP contribution in [0.2, 0.25) is 0 Å². The van der Waals surface area contributed by atoms with Gasteiger partial charge in [-0.1, -0.05) is 6.42 Å². The molecular formula is C13H26N2O. The number of nitrogens with zero attached hydrogens (tertiary/aromatic N) is 1. The van der Waals surface area contributed by atoms with Crippen LogP contribution in [0.25, 0.3) is 0 Å². The second-order valence-electron chi connectivity index (χ2n) is 4.92. The third-order valence-electron chi connectivity index (χ3n) is 2.59. The quantitative estimate of drug-likeness (QED) is 0.615. The van der Waals surface area contributed by atoms with Gasteiger partial charge in [0.1, 0.15) is 0 Å². The first-order valence-corrected chi connectivity index (χ1v) is 6.25. The summed E-state index contributed by atoms with van der Waals surface area (Å²) in [5.41, 5.74) is -0.168. The van der Waals surface area contributed by atoms with E-state index < -0.39 is 0 Å². The van der Waals surface area contributed by atoms with Crippen molar-refractivity contribution in [3.05, 3.63) is 0 Å². The molecule has 0 saturated carbocycles. The maximum absolute atomic E-state index is 8.85. The first-order valence-electron chi connectivity index (χ1n) is 6.25. The minimum atomic E-state index is -0.168. The molecule has 1 atom stereocenters. The second-order valence-corrected chi connectivity index (χ2v) is 4.92. The first kappa shape index (κ1) is 15.4. The summed E-state index contributed by atoms with van der Waals surface area (Å²) >= 11 is 0. The Morgan fingerprint density at radius 3 is 2.62 bits per heavy atom. The molecule has 0 aromatic heterocycles. The van der Waals surface area contributed by atoms with Gasteiger partial charge in [0, 0.05) is 13.2 Å². The summed E-state index contributed by atoms with van der Waals surface area (Å²) in [5.74, 6) is 0. The number of unbranched alkanes of at least 4 members (excludes halogenated alkanes) is 1. The lowest BCUT2D eigenvalue weighted by molar-refractivity contribution is 0.0762. The summed E-state index contributed by atoms with van der Waals surface area (Å²) < 4.78 is 5.41. The van der Waals surface area contributed by atoms with Gasteiger partial charge in [0.15, 0.2) is 0 Å². The lowest BCUT2D eigenvalue weighted by atomic mass is 9.89. The van der Waals surface area contributed by atoms with Crippen molar-refractivity contribution in [3.63, 3.8) is 0 Å². The van der Waals surface area contributed by atoms with Crippen LogP contribution in [0.4, 0.5) is 0 Å². The van der Waals surface area contributed by atoms with Crippen LogP contribution in [-0.2, 0) is 4.74 Å². The predicted molar refractivity (Wildman–Crippen MR) is 67.2 cm³/mol. The van der Waals surface area contributed by atoms with E-state index in [0.717, 1.165) is 39.0 Å². The minimum absolute atomic E-state index is 0.168. The fraction of sp³-hybridized carbons (Fsp3) is 0.923. The molecule has 1 N–H and O–H groups in total. The van der Waals surface area contributed by atoms with Crippen LogP contribution < -0.4 is 5.32 Å². The molecule has 0 aliphatic heterocycles. The molecule has 0 heterocycles. The van der Waals surface area contributed by atoms with Crippen LogP contribution in [0, 0.1) is 16.7 Å². The Balaban J connectivity index is 3.32. The maximum Gasteiger partial charge on any atom is 0.0683 e. The van der Waals surface area contributed by atoms with Crippen molar-refractivity contribution in [1.29, 1.82) is 5.26 Å². The highest BCUT2D eigenvalue weighted by Crippen LogP contribution is 2.21. The summed E-state index contributed by atoms with van der Waals surface area (Å²) in [7, 11) is 0. The molecule has 16 heavy (non-hydrogen) atoms. The highest BCUT2D eigenvalue weighted by Gasteiger charge is 2.15. The third-order valence-corrected chi connectivity index (χ3v) is 2.59. The van der Waals surface area contributed by atoms with Crippen molar-refractivity contribution >= 4 is 0 Å². The molecule has 0 bridgehead atoms. The third kappa shape index (κ3) is 8.70. The summed E-state index contributed by atoms with van der Waals surface area (Å²) in [6, 6.07) is 2.33. The Labute approximate surface area is 100 Å². The van der Waals surface area contributed by atoms with E-state index in [9.17, 15) is 0 Å². The molecule has 0 radical (unpaired) electrons. The van der Waals surface area contributed by atoms with Gasteiger partial charge in [-0.3, -0.25) is 0 Å². The van der Waals surface area contributed by atoms with Gasteiger partial charge in [-0.2, -0.15) is 5.26 Å². The van der Waals surface area contributed by atoms with E-state index in [1.165, 1.54) is 0 Å². The summed E-state index contributed by atoms with van der Waals surface area (Å²) in [5, 5.41) is 12.2. The smallest absolute Gasteiger partial charge is 0.0683 e. The molecule has 0 fully saturated rings. The Morgan fingerprint density at radius 2 is 2.06 bits per heavy atom. The number of nitrogens with one attached hydrogen (secondary N) is 1. The maximum atomic E-state index is 8.85. The zero-order chi connectivity index (χ0) is 12.4. The molecule has 94 valence electrons. The summed E-state index contributed by atoms with van der Waals surface area (Å²) in [6.07, 6.45) is 3.51. The standard InChI is InChI=1S/C13H26N2O/c1-5-16-12(2)10-15-9-7-6-8-13(3,4)11-14/h12,15H,5-10H2,1-4H3. The van der Waals surface area contributed by atoms with E-state index >= 15 is 0 Å². The predicted octanol–water partition coefficient (Wildman–Crippen LogP) is 2.72. The van der Waals surface area contributed by atoms with Crippen LogP contribution in [0.1, 0.15) is 47.0 Å². The molecular weight excluding hydrogens is 200 g/mol. The van der Waals surface area contributed by atoms with E-state index in [1.54, 1.807) is 0 Å². The van der Waals surface area contributed by atoms with E-state index in [4.69, 9.17) is 10.00 Å². The monoisotopic (exact) mass is 226 g/mol. The van der Waals surface area contributed by atoms with Crippen LogP contribution in [-0.4, -0.2) is 25.8 Å². The fourth-order valence-corrected chi connectivity index (χ4v) is 1.52.